The summed E-state index contributed by atoms with van der Waals surface area (Å²) in [6.07, 6.45) is 1.37. The quantitative estimate of drug-likeness (QED) is 0.458. The van der Waals surface area contributed by atoms with E-state index in [9.17, 15) is 9.18 Å². The Balaban J connectivity index is 3.08. The van der Waals surface area contributed by atoms with Crippen LogP contribution in [0.2, 0.25) is 0 Å². The average molecular weight is 194 g/mol. The van der Waals surface area contributed by atoms with Gasteiger partial charge in [0.25, 0.3) is 0 Å². The SMILES string of the molecule is CCCOC(=O)CSCCCF. The normalized spacial score (nSPS) is 9.83. The van der Waals surface area contributed by atoms with Crippen LogP contribution in [0, 0.1) is 0 Å². The molecular formula is C8H15FO2S. The minimum Gasteiger partial charge on any atom is -0.465 e. The third kappa shape index (κ3) is 7.85. The Morgan fingerprint density at radius 2 is 2.33 bits per heavy atom. The highest BCUT2D eigenvalue weighted by molar-refractivity contribution is 7.99. The monoisotopic (exact) mass is 194 g/mol. The second-order valence-corrected chi connectivity index (χ2v) is 3.42. The van der Waals surface area contributed by atoms with Crippen LogP contribution < -0.4 is 0 Å². The van der Waals surface area contributed by atoms with E-state index >= 15 is 0 Å². The van der Waals surface area contributed by atoms with Gasteiger partial charge in [0.05, 0.1) is 19.0 Å². The first-order valence-corrected chi connectivity index (χ1v) is 5.26. The number of carbonyl (C=O) groups excluding carboxylic acids is 1. The van der Waals surface area contributed by atoms with Crippen molar-refractivity contribution >= 4 is 17.7 Å². The van der Waals surface area contributed by atoms with E-state index in [0.717, 1.165) is 6.42 Å². The zero-order valence-electron chi connectivity index (χ0n) is 7.35. The van der Waals surface area contributed by atoms with E-state index in [-0.39, 0.29) is 12.6 Å². The number of alkyl halides is 1. The second-order valence-electron chi connectivity index (χ2n) is 2.32. The summed E-state index contributed by atoms with van der Waals surface area (Å²) in [4.78, 5) is 10.8. The van der Waals surface area contributed by atoms with Crippen LogP contribution in [0.1, 0.15) is 19.8 Å². The smallest absolute Gasteiger partial charge is 0.315 e. The predicted octanol–water partition coefficient (Wildman–Crippen LogP) is 2.03. The molecule has 0 aromatic heterocycles. The number of ether oxygens (including phenoxy) is 1. The molecule has 2 nitrogen and oxygen atoms in total. The maximum atomic E-state index is 11.6. The molecule has 0 fully saturated rings. The van der Waals surface area contributed by atoms with Gasteiger partial charge in [-0.05, 0) is 18.6 Å². The Morgan fingerprint density at radius 3 is 2.92 bits per heavy atom. The summed E-state index contributed by atoms with van der Waals surface area (Å²) in [5, 5.41) is 0. The van der Waals surface area contributed by atoms with Crippen LogP contribution in [0.15, 0.2) is 0 Å². The van der Waals surface area contributed by atoms with Gasteiger partial charge >= 0.3 is 5.97 Å². The average Bonchev–Trinajstić information content (AvgIpc) is 2.09. The Labute approximate surface area is 76.9 Å². The van der Waals surface area contributed by atoms with Crippen molar-refractivity contribution in [1.29, 1.82) is 0 Å². The number of thioether (sulfide) groups is 1. The standard InChI is InChI=1S/C8H15FO2S/c1-2-5-11-8(10)7-12-6-3-4-9/h2-7H2,1H3. The topological polar surface area (TPSA) is 26.3 Å². The highest BCUT2D eigenvalue weighted by atomic mass is 32.2. The molecule has 0 spiro atoms. The third-order valence-electron chi connectivity index (χ3n) is 1.11. The molecule has 0 heterocycles. The molecule has 0 aliphatic rings. The summed E-state index contributed by atoms with van der Waals surface area (Å²) >= 11 is 1.42. The minimum atomic E-state index is -0.309. The molecule has 0 saturated heterocycles. The Bertz CT molecular complexity index is 120. The zero-order chi connectivity index (χ0) is 9.23. The summed E-state index contributed by atoms with van der Waals surface area (Å²) in [5.74, 6) is 0.846. The maximum Gasteiger partial charge on any atom is 0.315 e. The van der Waals surface area contributed by atoms with Crippen LogP contribution in [-0.4, -0.2) is 30.8 Å². The molecule has 0 bridgehead atoms. The van der Waals surface area contributed by atoms with Crippen molar-refractivity contribution in [2.45, 2.75) is 19.8 Å². The fourth-order valence-electron chi connectivity index (χ4n) is 0.570. The third-order valence-corrected chi connectivity index (χ3v) is 2.13. The van der Waals surface area contributed by atoms with Gasteiger partial charge in [-0.1, -0.05) is 6.92 Å². The number of halogens is 1. The van der Waals surface area contributed by atoms with Gasteiger partial charge in [0.15, 0.2) is 0 Å². The zero-order valence-corrected chi connectivity index (χ0v) is 8.16. The summed E-state index contributed by atoms with van der Waals surface area (Å²) in [5.41, 5.74) is 0. The lowest BCUT2D eigenvalue weighted by Crippen LogP contribution is -2.08. The van der Waals surface area contributed by atoms with Crippen LogP contribution >= 0.6 is 11.8 Å². The molecule has 0 aliphatic carbocycles. The molecule has 12 heavy (non-hydrogen) atoms. The first-order chi connectivity index (χ1) is 5.81. The number of esters is 1. The highest BCUT2D eigenvalue weighted by Crippen LogP contribution is 2.03. The van der Waals surface area contributed by atoms with Crippen LogP contribution in [0.3, 0.4) is 0 Å². The van der Waals surface area contributed by atoms with Crippen LogP contribution in [0.25, 0.3) is 0 Å². The molecular weight excluding hydrogens is 179 g/mol. The predicted molar refractivity (Wildman–Crippen MR) is 49.2 cm³/mol. The lowest BCUT2D eigenvalue weighted by Gasteiger charge is -2.01. The van der Waals surface area contributed by atoms with Crippen molar-refractivity contribution in [2.24, 2.45) is 0 Å². The van der Waals surface area contributed by atoms with Crippen LogP contribution in [0.4, 0.5) is 4.39 Å². The van der Waals surface area contributed by atoms with E-state index in [0.29, 0.717) is 24.5 Å². The van der Waals surface area contributed by atoms with Crippen molar-refractivity contribution < 1.29 is 13.9 Å². The highest BCUT2D eigenvalue weighted by Gasteiger charge is 2.00. The number of rotatable bonds is 7. The lowest BCUT2D eigenvalue weighted by molar-refractivity contribution is -0.140. The molecule has 0 radical (unpaired) electrons. The van der Waals surface area contributed by atoms with Gasteiger partial charge in [0.2, 0.25) is 0 Å². The summed E-state index contributed by atoms with van der Waals surface area (Å²) < 4.78 is 16.4. The molecule has 0 rings (SSSR count). The van der Waals surface area contributed by atoms with Crippen molar-refractivity contribution in [3.05, 3.63) is 0 Å². The van der Waals surface area contributed by atoms with E-state index < -0.39 is 0 Å². The molecule has 4 heteroatoms. The summed E-state index contributed by atoms with van der Waals surface area (Å²) in [7, 11) is 0. The van der Waals surface area contributed by atoms with Crippen LogP contribution in [-0.2, 0) is 9.53 Å². The first-order valence-electron chi connectivity index (χ1n) is 4.10. The number of hydrogen-bond acceptors (Lipinski definition) is 3. The maximum absolute atomic E-state index is 11.6. The van der Waals surface area contributed by atoms with Gasteiger partial charge in [-0.25, -0.2) is 0 Å². The van der Waals surface area contributed by atoms with Crippen molar-refractivity contribution in [3.8, 4) is 0 Å². The van der Waals surface area contributed by atoms with Gasteiger partial charge in [0, 0.05) is 0 Å². The molecule has 0 N–H and O–H groups in total. The molecule has 0 aromatic rings. The Kier molecular flexibility index (Phi) is 8.66. The van der Waals surface area contributed by atoms with Crippen molar-refractivity contribution in [3.63, 3.8) is 0 Å². The van der Waals surface area contributed by atoms with Gasteiger partial charge < -0.3 is 4.74 Å². The second kappa shape index (κ2) is 8.84. The number of hydrogen-bond donors (Lipinski definition) is 0. The van der Waals surface area contributed by atoms with E-state index in [1.54, 1.807) is 0 Å². The van der Waals surface area contributed by atoms with E-state index in [1.807, 2.05) is 6.92 Å². The molecule has 0 atom stereocenters. The molecule has 0 aliphatic heterocycles. The van der Waals surface area contributed by atoms with Gasteiger partial charge in [0.1, 0.15) is 0 Å². The summed E-state index contributed by atoms with van der Waals surface area (Å²) in [6.45, 7) is 2.13. The van der Waals surface area contributed by atoms with Crippen LogP contribution in [0.5, 0.6) is 0 Å². The Morgan fingerprint density at radius 1 is 1.58 bits per heavy atom. The Hall–Kier alpha value is -0.250. The molecule has 0 amide bonds. The largest absolute Gasteiger partial charge is 0.465 e. The first kappa shape index (κ1) is 11.8. The fraction of sp³-hybridized carbons (Fsp3) is 0.875. The van der Waals surface area contributed by atoms with E-state index in [4.69, 9.17) is 4.74 Å². The van der Waals surface area contributed by atoms with Crippen molar-refractivity contribution in [1.82, 2.24) is 0 Å². The molecule has 72 valence electrons. The number of carbonyl (C=O) groups is 1. The van der Waals surface area contributed by atoms with Gasteiger partial charge in [-0.15, -0.1) is 0 Å². The summed E-state index contributed by atoms with van der Waals surface area (Å²) in [6, 6.07) is 0. The lowest BCUT2D eigenvalue weighted by atomic mass is 10.5. The van der Waals surface area contributed by atoms with E-state index in [1.165, 1.54) is 11.8 Å². The van der Waals surface area contributed by atoms with Crippen molar-refractivity contribution in [2.75, 3.05) is 24.8 Å². The van der Waals surface area contributed by atoms with E-state index in [2.05, 4.69) is 0 Å². The molecule has 0 aromatic carbocycles. The fourth-order valence-corrected chi connectivity index (χ4v) is 1.28. The van der Waals surface area contributed by atoms with Gasteiger partial charge in [-0.3, -0.25) is 9.18 Å². The minimum absolute atomic E-state index is 0.194. The molecule has 0 unspecified atom stereocenters. The van der Waals surface area contributed by atoms with Gasteiger partial charge in [-0.2, -0.15) is 11.8 Å². The molecule has 0 saturated carbocycles.